The number of hydrogen-bond donors (Lipinski definition) is 0. The minimum atomic E-state index is -0.483. The summed E-state index contributed by atoms with van der Waals surface area (Å²) in [4.78, 5) is 43.6. The van der Waals surface area contributed by atoms with Crippen molar-refractivity contribution in [2.45, 2.75) is 0 Å². The van der Waals surface area contributed by atoms with Crippen LogP contribution in [0.1, 0.15) is 5.56 Å². The fourth-order valence-corrected chi connectivity index (χ4v) is 5.57. The first-order valence-corrected chi connectivity index (χ1v) is 13.1. The molecule has 0 aliphatic carbocycles. The van der Waals surface area contributed by atoms with E-state index in [2.05, 4.69) is 33.4 Å². The molecule has 3 amide bonds. The van der Waals surface area contributed by atoms with E-state index in [0.717, 1.165) is 25.9 Å². The van der Waals surface area contributed by atoms with E-state index in [0.29, 0.717) is 43.2 Å². The van der Waals surface area contributed by atoms with E-state index >= 15 is 0 Å². The molecule has 2 aliphatic heterocycles. The van der Waals surface area contributed by atoms with Crippen molar-refractivity contribution in [1.29, 1.82) is 0 Å². The smallest absolute Gasteiger partial charge is 0.294 e. The topological polar surface area (TPSA) is 79.4 Å². The Kier molecular flexibility index (Phi) is 8.43. The summed E-state index contributed by atoms with van der Waals surface area (Å²) in [5, 5.41) is -0.460. The zero-order valence-corrected chi connectivity index (χ0v) is 22.6. The van der Waals surface area contributed by atoms with Crippen LogP contribution in [-0.4, -0.2) is 73.3 Å². The van der Waals surface area contributed by atoms with E-state index < -0.39 is 11.1 Å². The van der Waals surface area contributed by atoms with Crippen LogP contribution >= 0.6 is 34.4 Å². The Morgan fingerprint density at radius 2 is 1.89 bits per heavy atom. The molecule has 4 rings (SSSR count). The molecule has 186 valence electrons. The number of piperazine rings is 1. The number of imide groups is 1. The van der Waals surface area contributed by atoms with E-state index in [9.17, 15) is 14.4 Å². The van der Waals surface area contributed by atoms with E-state index in [1.165, 1.54) is 7.11 Å². The van der Waals surface area contributed by atoms with Gasteiger partial charge < -0.3 is 19.3 Å². The Bertz CT molecular complexity index is 1240. The standard InChI is InChI=1S/C26H24IN3O5S/c1-3-13-35-24-20(27)14-18(15-21(24)34-2)16-22-25(32)30(26(33)36-22)17-23(31)29-11-9-28(10-12-29)19-7-5-4-6-8-19/h1,4-8,14-16H,9-13,17H2,2H3/b22-16+. The molecule has 2 fully saturated rings. The highest BCUT2D eigenvalue weighted by Gasteiger charge is 2.37. The monoisotopic (exact) mass is 617 g/mol. The molecule has 0 bridgehead atoms. The number of anilines is 1. The van der Waals surface area contributed by atoms with Gasteiger partial charge in [-0.2, -0.15) is 0 Å². The van der Waals surface area contributed by atoms with Crippen molar-refractivity contribution in [1.82, 2.24) is 9.80 Å². The van der Waals surface area contributed by atoms with Gasteiger partial charge in [-0.3, -0.25) is 19.3 Å². The summed E-state index contributed by atoms with van der Waals surface area (Å²) in [6.07, 6.45) is 6.89. The van der Waals surface area contributed by atoms with Gasteiger partial charge in [0.1, 0.15) is 13.2 Å². The lowest BCUT2D eigenvalue weighted by molar-refractivity contribution is -0.136. The molecule has 8 nitrogen and oxygen atoms in total. The average Bonchev–Trinajstić information content (AvgIpc) is 3.15. The number of hydrogen-bond acceptors (Lipinski definition) is 7. The lowest BCUT2D eigenvalue weighted by Gasteiger charge is -2.36. The van der Waals surface area contributed by atoms with Gasteiger partial charge in [0.05, 0.1) is 15.6 Å². The number of nitrogens with zero attached hydrogens (tertiary/aromatic N) is 3. The fourth-order valence-electron chi connectivity index (χ4n) is 3.95. The molecule has 10 heteroatoms. The van der Waals surface area contributed by atoms with Gasteiger partial charge in [0.2, 0.25) is 5.91 Å². The molecule has 0 N–H and O–H groups in total. The van der Waals surface area contributed by atoms with Crippen LogP contribution in [0.3, 0.4) is 0 Å². The van der Waals surface area contributed by atoms with Crippen LogP contribution in [-0.2, 0) is 9.59 Å². The number of para-hydroxylation sites is 1. The average molecular weight is 617 g/mol. The summed E-state index contributed by atoms with van der Waals surface area (Å²) in [6.45, 7) is 2.28. The number of halogens is 1. The molecule has 2 aromatic carbocycles. The molecule has 0 atom stereocenters. The summed E-state index contributed by atoms with van der Waals surface area (Å²) < 4.78 is 11.7. The van der Waals surface area contributed by atoms with Crippen molar-refractivity contribution in [2.24, 2.45) is 0 Å². The molecular formula is C26H24IN3O5S. The molecule has 0 saturated carbocycles. The first-order chi connectivity index (χ1) is 17.4. The molecule has 36 heavy (non-hydrogen) atoms. The number of ether oxygens (including phenoxy) is 2. The Balaban J connectivity index is 1.41. The lowest BCUT2D eigenvalue weighted by Crippen LogP contribution is -2.51. The lowest BCUT2D eigenvalue weighted by atomic mass is 10.2. The van der Waals surface area contributed by atoms with Gasteiger partial charge >= 0.3 is 0 Å². The maximum atomic E-state index is 13.0. The Morgan fingerprint density at radius 1 is 1.17 bits per heavy atom. The molecule has 2 aromatic rings. The Labute approximate surface area is 227 Å². The van der Waals surface area contributed by atoms with Crippen LogP contribution < -0.4 is 14.4 Å². The second kappa shape index (κ2) is 11.7. The predicted molar refractivity (Wildman–Crippen MR) is 148 cm³/mol. The summed E-state index contributed by atoms with van der Waals surface area (Å²) in [5.74, 6) is 2.67. The SMILES string of the molecule is C#CCOc1c(I)cc(/C=C2/SC(=O)N(CC(=O)N3CCN(c4ccccc4)CC3)C2=O)cc1OC. The molecule has 0 spiro atoms. The first-order valence-electron chi connectivity index (χ1n) is 11.2. The van der Waals surface area contributed by atoms with Crippen LogP contribution in [0.2, 0.25) is 0 Å². The summed E-state index contributed by atoms with van der Waals surface area (Å²) in [5.41, 5.74) is 1.78. The highest BCUT2D eigenvalue weighted by atomic mass is 127. The number of benzene rings is 2. The number of amides is 3. The molecule has 0 aromatic heterocycles. The minimum absolute atomic E-state index is 0.0972. The highest BCUT2D eigenvalue weighted by molar-refractivity contribution is 14.1. The molecule has 2 saturated heterocycles. The Hall–Kier alpha value is -3.17. The van der Waals surface area contributed by atoms with Crippen molar-refractivity contribution in [3.05, 3.63) is 56.5 Å². The quantitative estimate of drug-likeness (QED) is 0.267. The van der Waals surface area contributed by atoms with E-state index in [4.69, 9.17) is 15.9 Å². The molecular weight excluding hydrogens is 593 g/mol. The zero-order valence-electron chi connectivity index (χ0n) is 19.6. The highest BCUT2D eigenvalue weighted by Crippen LogP contribution is 2.37. The maximum absolute atomic E-state index is 13.0. The number of carbonyl (C=O) groups excluding carboxylic acids is 3. The molecule has 2 heterocycles. The third-order valence-electron chi connectivity index (χ3n) is 5.77. The van der Waals surface area contributed by atoms with Crippen LogP contribution in [0, 0.1) is 15.9 Å². The minimum Gasteiger partial charge on any atom is -0.493 e. The van der Waals surface area contributed by atoms with Crippen LogP contribution in [0.15, 0.2) is 47.4 Å². The third-order valence-corrected chi connectivity index (χ3v) is 7.48. The van der Waals surface area contributed by atoms with Gasteiger partial charge in [-0.05, 0) is 70.3 Å². The maximum Gasteiger partial charge on any atom is 0.294 e. The third kappa shape index (κ3) is 5.79. The van der Waals surface area contributed by atoms with E-state index in [1.807, 2.05) is 30.3 Å². The summed E-state index contributed by atoms with van der Waals surface area (Å²) >= 11 is 2.91. The van der Waals surface area contributed by atoms with E-state index in [-0.39, 0.29) is 24.0 Å². The number of rotatable bonds is 7. The predicted octanol–water partition coefficient (Wildman–Crippen LogP) is 3.70. The number of methoxy groups -OCH3 is 1. The van der Waals surface area contributed by atoms with Crippen molar-refractivity contribution in [3.63, 3.8) is 0 Å². The normalized spacial score (nSPS) is 16.9. The van der Waals surface area contributed by atoms with Gasteiger partial charge in [-0.25, -0.2) is 0 Å². The van der Waals surface area contributed by atoms with Gasteiger partial charge in [0, 0.05) is 31.9 Å². The van der Waals surface area contributed by atoms with Gasteiger partial charge in [0.15, 0.2) is 11.5 Å². The molecule has 0 unspecified atom stereocenters. The number of carbonyl (C=O) groups is 3. The summed E-state index contributed by atoms with van der Waals surface area (Å²) in [6, 6.07) is 13.5. The molecule has 0 radical (unpaired) electrons. The van der Waals surface area contributed by atoms with Crippen molar-refractivity contribution < 1.29 is 23.9 Å². The van der Waals surface area contributed by atoms with Crippen LogP contribution in [0.4, 0.5) is 10.5 Å². The zero-order chi connectivity index (χ0) is 25.7. The van der Waals surface area contributed by atoms with Crippen LogP contribution in [0.5, 0.6) is 11.5 Å². The van der Waals surface area contributed by atoms with Gasteiger partial charge in [-0.1, -0.05) is 24.1 Å². The van der Waals surface area contributed by atoms with Crippen molar-refractivity contribution in [2.75, 3.05) is 51.3 Å². The second-order valence-electron chi connectivity index (χ2n) is 8.00. The fraction of sp³-hybridized carbons (Fsp3) is 0.269. The van der Waals surface area contributed by atoms with Crippen LogP contribution in [0.25, 0.3) is 6.08 Å². The summed E-state index contributed by atoms with van der Waals surface area (Å²) in [7, 11) is 1.51. The van der Waals surface area contributed by atoms with Gasteiger partial charge in [-0.15, -0.1) is 6.42 Å². The second-order valence-corrected chi connectivity index (χ2v) is 10.2. The Morgan fingerprint density at radius 3 is 2.56 bits per heavy atom. The largest absolute Gasteiger partial charge is 0.493 e. The van der Waals surface area contributed by atoms with Gasteiger partial charge in [0.25, 0.3) is 11.1 Å². The van der Waals surface area contributed by atoms with Crippen molar-refractivity contribution >= 4 is 63.2 Å². The molecule has 2 aliphatic rings. The number of thioether (sulfide) groups is 1. The first kappa shape index (κ1) is 25.9. The number of terminal acetylenes is 1. The van der Waals surface area contributed by atoms with Crippen molar-refractivity contribution in [3.8, 4) is 23.8 Å². The van der Waals surface area contributed by atoms with E-state index in [1.54, 1.807) is 23.1 Å².